The lowest BCUT2D eigenvalue weighted by Gasteiger charge is -2.39. The van der Waals surface area contributed by atoms with Gasteiger partial charge < -0.3 is 14.6 Å². The minimum absolute atomic E-state index is 0.0517. The maximum Gasteiger partial charge on any atom is 0.230 e. The van der Waals surface area contributed by atoms with E-state index in [9.17, 15) is 9.59 Å². The molecule has 0 spiro atoms. The summed E-state index contributed by atoms with van der Waals surface area (Å²) in [7, 11) is -1.80. The third-order valence-corrected chi connectivity index (χ3v) is 10.3. The summed E-state index contributed by atoms with van der Waals surface area (Å²) in [6.45, 7) is 15.1. The Morgan fingerprint density at radius 3 is 2.57 bits per heavy atom. The third kappa shape index (κ3) is 3.97. The standard InChI is InChI=1S/C17H32N2O3Si/c1-16(2,3)23(5,6)22-13-8-10-19(11-13)15(21)17(4)9-7-14(20)18-12-17/h13H,7-12H2,1-6H3,(H,18,20). The van der Waals surface area contributed by atoms with Crippen LogP contribution in [-0.4, -0.2) is 50.8 Å². The minimum Gasteiger partial charge on any atom is -0.412 e. The molecule has 2 rings (SSSR count). The molecule has 1 N–H and O–H groups in total. The number of rotatable bonds is 3. The quantitative estimate of drug-likeness (QED) is 0.803. The van der Waals surface area contributed by atoms with Gasteiger partial charge in [0.1, 0.15) is 0 Å². The molecule has 2 unspecified atom stereocenters. The Hall–Kier alpha value is -0.883. The molecule has 2 atom stereocenters. The lowest BCUT2D eigenvalue weighted by atomic mass is 9.81. The maximum absolute atomic E-state index is 12.9. The first-order valence-electron chi connectivity index (χ1n) is 8.68. The molecule has 0 aromatic heterocycles. The topological polar surface area (TPSA) is 58.6 Å². The molecule has 2 amide bonds. The number of piperidine rings is 1. The molecule has 0 aromatic carbocycles. The van der Waals surface area contributed by atoms with E-state index in [0.29, 0.717) is 25.9 Å². The summed E-state index contributed by atoms with van der Waals surface area (Å²) in [5.41, 5.74) is -0.459. The molecule has 2 saturated heterocycles. The van der Waals surface area contributed by atoms with Crippen LogP contribution in [0.1, 0.15) is 47.0 Å². The highest BCUT2D eigenvalue weighted by Crippen LogP contribution is 2.38. The van der Waals surface area contributed by atoms with Gasteiger partial charge in [0.05, 0.1) is 11.5 Å². The van der Waals surface area contributed by atoms with Crippen LogP contribution in [0.25, 0.3) is 0 Å². The number of carbonyl (C=O) groups is 2. The molecule has 2 heterocycles. The van der Waals surface area contributed by atoms with Crippen molar-refractivity contribution in [2.45, 2.75) is 71.2 Å². The summed E-state index contributed by atoms with van der Waals surface area (Å²) in [5.74, 6) is 0.217. The monoisotopic (exact) mass is 340 g/mol. The molecule has 23 heavy (non-hydrogen) atoms. The van der Waals surface area contributed by atoms with Gasteiger partial charge in [-0.15, -0.1) is 0 Å². The fourth-order valence-corrected chi connectivity index (χ4v) is 4.41. The predicted octanol–water partition coefficient (Wildman–Crippen LogP) is 2.53. The van der Waals surface area contributed by atoms with E-state index in [4.69, 9.17) is 4.43 Å². The largest absolute Gasteiger partial charge is 0.412 e. The highest BCUT2D eigenvalue weighted by Gasteiger charge is 2.44. The zero-order valence-corrected chi connectivity index (χ0v) is 16.5. The average molecular weight is 341 g/mol. The van der Waals surface area contributed by atoms with Crippen molar-refractivity contribution >= 4 is 20.1 Å². The Morgan fingerprint density at radius 1 is 1.39 bits per heavy atom. The van der Waals surface area contributed by atoms with Gasteiger partial charge in [-0.3, -0.25) is 9.59 Å². The second kappa shape index (κ2) is 6.20. The highest BCUT2D eigenvalue weighted by molar-refractivity contribution is 6.74. The summed E-state index contributed by atoms with van der Waals surface area (Å²) in [5, 5.41) is 3.02. The van der Waals surface area contributed by atoms with Crippen molar-refractivity contribution in [1.82, 2.24) is 10.2 Å². The predicted molar refractivity (Wildman–Crippen MR) is 93.6 cm³/mol. The maximum atomic E-state index is 12.9. The first-order chi connectivity index (χ1) is 10.4. The van der Waals surface area contributed by atoms with Crippen LogP contribution in [0, 0.1) is 5.41 Å². The molecule has 0 saturated carbocycles. The van der Waals surface area contributed by atoms with E-state index in [1.54, 1.807) is 0 Å². The molecule has 0 bridgehead atoms. The van der Waals surface area contributed by atoms with Gasteiger partial charge in [-0.1, -0.05) is 20.8 Å². The summed E-state index contributed by atoms with van der Waals surface area (Å²) in [6, 6.07) is 0. The molecule has 2 aliphatic heterocycles. The Bertz CT molecular complexity index is 475. The van der Waals surface area contributed by atoms with E-state index in [-0.39, 0.29) is 23.0 Å². The number of likely N-dealkylation sites (tertiary alicyclic amines) is 1. The van der Waals surface area contributed by atoms with E-state index in [1.165, 1.54) is 0 Å². The Kier molecular flexibility index (Phi) is 4.98. The van der Waals surface area contributed by atoms with Crippen LogP contribution in [0.4, 0.5) is 0 Å². The molecule has 0 aliphatic carbocycles. The van der Waals surface area contributed by atoms with Crippen molar-refractivity contribution in [3.8, 4) is 0 Å². The molecule has 6 heteroatoms. The average Bonchev–Trinajstić information content (AvgIpc) is 2.88. The van der Waals surface area contributed by atoms with E-state index in [0.717, 1.165) is 13.0 Å². The van der Waals surface area contributed by atoms with E-state index in [1.807, 2.05) is 11.8 Å². The van der Waals surface area contributed by atoms with Crippen molar-refractivity contribution in [3.63, 3.8) is 0 Å². The molecule has 0 radical (unpaired) electrons. The molecule has 2 aliphatic rings. The van der Waals surface area contributed by atoms with Crippen LogP contribution < -0.4 is 5.32 Å². The van der Waals surface area contributed by atoms with Gasteiger partial charge in [0, 0.05) is 26.1 Å². The van der Waals surface area contributed by atoms with Crippen molar-refractivity contribution in [1.29, 1.82) is 0 Å². The number of hydrogen-bond donors (Lipinski definition) is 1. The van der Waals surface area contributed by atoms with Crippen LogP contribution in [-0.2, 0) is 14.0 Å². The van der Waals surface area contributed by atoms with Crippen molar-refractivity contribution in [2.24, 2.45) is 5.41 Å². The SMILES string of the molecule is CC1(C(=O)N2CCC(O[Si](C)(C)C(C)(C)C)C2)CCC(=O)NC1. The minimum atomic E-state index is -1.80. The van der Waals surface area contributed by atoms with Gasteiger partial charge >= 0.3 is 0 Å². The summed E-state index contributed by atoms with van der Waals surface area (Å²) in [4.78, 5) is 26.2. The van der Waals surface area contributed by atoms with E-state index >= 15 is 0 Å². The number of nitrogens with zero attached hydrogens (tertiary/aromatic N) is 1. The van der Waals surface area contributed by atoms with Crippen molar-refractivity contribution < 1.29 is 14.0 Å². The van der Waals surface area contributed by atoms with E-state index in [2.05, 4.69) is 39.2 Å². The molecule has 132 valence electrons. The smallest absolute Gasteiger partial charge is 0.230 e. The highest BCUT2D eigenvalue weighted by atomic mass is 28.4. The zero-order valence-electron chi connectivity index (χ0n) is 15.5. The first-order valence-corrected chi connectivity index (χ1v) is 11.6. The molecule has 2 fully saturated rings. The second-order valence-electron chi connectivity index (χ2n) is 8.88. The van der Waals surface area contributed by atoms with Crippen LogP contribution >= 0.6 is 0 Å². The van der Waals surface area contributed by atoms with Gasteiger partial charge in [0.2, 0.25) is 11.8 Å². The fourth-order valence-electron chi connectivity index (χ4n) is 3.03. The fraction of sp³-hybridized carbons (Fsp3) is 0.882. The lowest BCUT2D eigenvalue weighted by Crippen LogP contribution is -2.51. The van der Waals surface area contributed by atoms with Gasteiger partial charge in [-0.2, -0.15) is 0 Å². The lowest BCUT2D eigenvalue weighted by molar-refractivity contribution is -0.143. The van der Waals surface area contributed by atoms with Crippen molar-refractivity contribution in [2.75, 3.05) is 19.6 Å². The van der Waals surface area contributed by atoms with Gasteiger partial charge in [-0.25, -0.2) is 0 Å². The second-order valence-corrected chi connectivity index (χ2v) is 13.6. The van der Waals surface area contributed by atoms with E-state index < -0.39 is 13.7 Å². The Balaban J connectivity index is 1.95. The summed E-state index contributed by atoms with van der Waals surface area (Å²) < 4.78 is 6.46. The summed E-state index contributed by atoms with van der Waals surface area (Å²) in [6.07, 6.45) is 2.16. The first kappa shape index (κ1) is 18.5. The molecule has 0 aromatic rings. The normalized spacial score (nSPS) is 29.6. The van der Waals surface area contributed by atoms with Crippen molar-refractivity contribution in [3.05, 3.63) is 0 Å². The summed E-state index contributed by atoms with van der Waals surface area (Å²) >= 11 is 0. The number of hydrogen-bond acceptors (Lipinski definition) is 3. The number of carbonyl (C=O) groups excluding carboxylic acids is 2. The van der Waals surface area contributed by atoms with Crippen LogP contribution in [0.5, 0.6) is 0 Å². The van der Waals surface area contributed by atoms with Gasteiger partial charge in [0.15, 0.2) is 8.32 Å². The number of amides is 2. The molecular formula is C17H32N2O3Si. The number of nitrogens with one attached hydrogen (secondary N) is 1. The Labute approximate surface area is 141 Å². The van der Waals surface area contributed by atoms with Gasteiger partial charge in [-0.05, 0) is 37.9 Å². The third-order valence-electron chi connectivity index (χ3n) is 5.80. The molecular weight excluding hydrogens is 308 g/mol. The zero-order chi connectivity index (χ0) is 17.5. The molecule has 5 nitrogen and oxygen atoms in total. The Morgan fingerprint density at radius 2 is 2.04 bits per heavy atom. The van der Waals surface area contributed by atoms with Crippen LogP contribution in [0.2, 0.25) is 18.1 Å². The van der Waals surface area contributed by atoms with Crippen LogP contribution in [0.3, 0.4) is 0 Å². The van der Waals surface area contributed by atoms with Crippen LogP contribution in [0.15, 0.2) is 0 Å². The van der Waals surface area contributed by atoms with Gasteiger partial charge in [0.25, 0.3) is 0 Å².